The van der Waals surface area contributed by atoms with Gasteiger partial charge in [0, 0.05) is 12.6 Å². The lowest BCUT2D eigenvalue weighted by molar-refractivity contribution is -0.118. The van der Waals surface area contributed by atoms with Crippen LogP contribution in [0.1, 0.15) is 29.7 Å². The number of rotatable bonds is 8. The second-order valence-corrected chi connectivity index (χ2v) is 11.1. The van der Waals surface area contributed by atoms with Crippen LogP contribution >= 0.6 is 11.3 Å². The number of aryl methyl sites for hydroxylation is 2. The van der Waals surface area contributed by atoms with Crippen LogP contribution in [0, 0.1) is 19.7 Å². The van der Waals surface area contributed by atoms with Crippen molar-refractivity contribution in [3.05, 3.63) is 83.4 Å². The van der Waals surface area contributed by atoms with E-state index in [4.69, 9.17) is 4.98 Å². The Morgan fingerprint density at radius 3 is 2.44 bits per heavy atom. The predicted molar refractivity (Wildman–Crippen MR) is 132 cm³/mol. The van der Waals surface area contributed by atoms with Crippen LogP contribution in [0.5, 0.6) is 0 Å². The molecular weight excluding hydrogens is 473 g/mol. The van der Waals surface area contributed by atoms with E-state index in [1.807, 2.05) is 38.1 Å². The van der Waals surface area contributed by atoms with E-state index in [1.165, 1.54) is 23.5 Å². The SMILES string of the molecule is Cc1ccc(C)c2sc(N(Cc3ccccn3)C(=O)CCCS(=O)(=O)c3ccc(F)cc3)nc12. The van der Waals surface area contributed by atoms with Crippen molar-refractivity contribution in [3.8, 4) is 0 Å². The summed E-state index contributed by atoms with van der Waals surface area (Å²) >= 11 is 1.44. The Morgan fingerprint density at radius 2 is 1.76 bits per heavy atom. The van der Waals surface area contributed by atoms with E-state index < -0.39 is 15.7 Å². The van der Waals surface area contributed by atoms with E-state index >= 15 is 0 Å². The second kappa shape index (κ2) is 9.99. The van der Waals surface area contributed by atoms with Gasteiger partial charge < -0.3 is 0 Å². The third kappa shape index (κ3) is 5.31. The number of carbonyl (C=O) groups is 1. The number of aromatic nitrogens is 2. The Hall–Kier alpha value is -3.17. The summed E-state index contributed by atoms with van der Waals surface area (Å²) in [5.74, 6) is -0.935. The largest absolute Gasteiger partial charge is 0.282 e. The summed E-state index contributed by atoms with van der Waals surface area (Å²) in [6.45, 7) is 4.23. The molecule has 4 rings (SSSR count). The van der Waals surface area contributed by atoms with Crippen molar-refractivity contribution >= 4 is 42.4 Å². The molecule has 0 aliphatic rings. The summed E-state index contributed by atoms with van der Waals surface area (Å²) in [4.78, 5) is 24.0. The molecule has 1 amide bonds. The summed E-state index contributed by atoms with van der Waals surface area (Å²) in [6, 6.07) is 14.2. The molecule has 0 aliphatic carbocycles. The molecule has 0 unspecified atom stereocenters. The van der Waals surface area contributed by atoms with Gasteiger partial charge in [-0.15, -0.1) is 0 Å². The molecule has 2 aromatic heterocycles. The minimum absolute atomic E-state index is 0.0289. The average molecular weight is 498 g/mol. The molecule has 0 fully saturated rings. The number of thiazole rings is 1. The summed E-state index contributed by atoms with van der Waals surface area (Å²) in [7, 11) is -3.62. The molecule has 2 aromatic carbocycles. The number of carbonyl (C=O) groups excluding carboxylic acids is 1. The van der Waals surface area contributed by atoms with Gasteiger partial charge in [-0.05, 0) is 67.8 Å². The maximum atomic E-state index is 13.3. The van der Waals surface area contributed by atoms with Crippen molar-refractivity contribution in [1.29, 1.82) is 0 Å². The lowest BCUT2D eigenvalue weighted by atomic mass is 10.1. The molecule has 4 aromatic rings. The Labute approximate surface area is 202 Å². The van der Waals surface area contributed by atoms with Gasteiger partial charge in [0.15, 0.2) is 15.0 Å². The van der Waals surface area contributed by atoms with Gasteiger partial charge in [0.25, 0.3) is 0 Å². The molecule has 9 heteroatoms. The van der Waals surface area contributed by atoms with E-state index in [0.717, 1.165) is 33.5 Å². The van der Waals surface area contributed by atoms with Crippen molar-refractivity contribution < 1.29 is 17.6 Å². The summed E-state index contributed by atoms with van der Waals surface area (Å²) in [6.07, 6.45) is 1.83. The number of fused-ring (bicyclic) bond motifs is 1. The highest BCUT2D eigenvalue weighted by atomic mass is 32.2. The Kier molecular flexibility index (Phi) is 7.04. The minimum atomic E-state index is -3.62. The van der Waals surface area contributed by atoms with E-state index in [2.05, 4.69) is 4.98 Å². The number of amides is 1. The fraction of sp³-hybridized carbons (Fsp3) is 0.240. The third-order valence-corrected chi connectivity index (χ3v) is 8.52. The molecular formula is C25H24FN3O3S2. The Bertz CT molecular complexity index is 1380. The van der Waals surface area contributed by atoms with Gasteiger partial charge >= 0.3 is 0 Å². The monoisotopic (exact) mass is 497 g/mol. The zero-order valence-electron chi connectivity index (χ0n) is 18.9. The normalized spacial score (nSPS) is 11.6. The van der Waals surface area contributed by atoms with E-state index in [1.54, 1.807) is 17.2 Å². The summed E-state index contributed by atoms with van der Waals surface area (Å²) < 4.78 is 39.3. The van der Waals surface area contributed by atoms with E-state index in [9.17, 15) is 17.6 Å². The van der Waals surface area contributed by atoms with Crippen molar-refractivity contribution in [3.63, 3.8) is 0 Å². The fourth-order valence-electron chi connectivity index (χ4n) is 3.59. The van der Waals surface area contributed by atoms with Crippen molar-refractivity contribution in [2.24, 2.45) is 0 Å². The number of anilines is 1. The first kappa shape index (κ1) is 24.0. The molecule has 34 heavy (non-hydrogen) atoms. The van der Waals surface area contributed by atoms with Crippen molar-refractivity contribution in [2.75, 3.05) is 10.7 Å². The molecule has 176 valence electrons. The van der Waals surface area contributed by atoms with Crippen LogP contribution in [0.25, 0.3) is 10.2 Å². The highest BCUT2D eigenvalue weighted by molar-refractivity contribution is 7.91. The van der Waals surface area contributed by atoms with Gasteiger partial charge in [-0.3, -0.25) is 14.7 Å². The summed E-state index contributed by atoms with van der Waals surface area (Å²) in [5, 5.41) is 0.560. The van der Waals surface area contributed by atoms with E-state index in [0.29, 0.717) is 10.8 Å². The van der Waals surface area contributed by atoms with Crippen LogP contribution in [-0.4, -0.2) is 30.0 Å². The van der Waals surface area contributed by atoms with Gasteiger partial charge in [0.2, 0.25) is 5.91 Å². The van der Waals surface area contributed by atoms with Gasteiger partial charge in [-0.1, -0.05) is 29.5 Å². The number of nitrogens with zero attached hydrogens (tertiary/aromatic N) is 3. The lowest BCUT2D eigenvalue weighted by Crippen LogP contribution is -2.30. The highest BCUT2D eigenvalue weighted by Crippen LogP contribution is 2.34. The van der Waals surface area contributed by atoms with Crippen molar-refractivity contribution in [2.45, 2.75) is 38.1 Å². The predicted octanol–water partition coefficient (Wildman–Crippen LogP) is 5.23. The Balaban J connectivity index is 1.55. The molecule has 0 spiro atoms. The first-order valence-electron chi connectivity index (χ1n) is 10.8. The molecule has 0 N–H and O–H groups in total. The van der Waals surface area contributed by atoms with Crippen molar-refractivity contribution in [1.82, 2.24) is 9.97 Å². The second-order valence-electron chi connectivity index (χ2n) is 8.05. The van der Waals surface area contributed by atoms with E-state index in [-0.39, 0.29) is 35.9 Å². The number of pyridine rings is 1. The van der Waals surface area contributed by atoms with Crippen LogP contribution < -0.4 is 4.90 Å². The molecule has 0 saturated carbocycles. The number of sulfone groups is 1. The van der Waals surface area contributed by atoms with Crippen LogP contribution in [0.15, 0.2) is 65.7 Å². The molecule has 0 saturated heterocycles. The topological polar surface area (TPSA) is 80.2 Å². The molecule has 0 radical (unpaired) electrons. The first-order valence-corrected chi connectivity index (χ1v) is 13.3. The molecule has 2 heterocycles. The van der Waals surface area contributed by atoms with Gasteiger partial charge in [0.1, 0.15) is 5.82 Å². The van der Waals surface area contributed by atoms with Crippen LogP contribution in [0.2, 0.25) is 0 Å². The Morgan fingerprint density at radius 1 is 1.03 bits per heavy atom. The summed E-state index contributed by atoms with van der Waals surface area (Å²) in [5.41, 5.74) is 3.68. The highest BCUT2D eigenvalue weighted by Gasteiger charge is 2.23. The van der Waals surface area contributed by atoms with Gasteiger partial charge in [-0.2, -0.15) is 0 Å². The molecule has 0 atom stereocenters. The zero-order valence-corrected chi connectivity index (χ0v) is 20.5. The first-order chi connectivity index (χ1) is 16.2. The standard InChI is InChI=1S/C25H24FN3O3S2/c1-17-8-9-18(2)24-23(17)28-25(33-24)29(16-20-6-3-4-14-27-20)22(30)7-5-15-34(31,32)21-12-10-19(26)11-13-21/h3-4,6,8-14H,5,7,15-16H2,1-2H3. The average Bonchev–Trinajstić information content (AvgIpc) is 3.27. The number of hydrogen-bond donors (Lipinski definition) is 0. The lowest BCUT2D eigenvalue weighted by Gasteiger charge is -2.19. The van der Waals surface area contributed by atoms with Gasteiger partial charge in [0.05, 0.1) is 33.1 Å². The van der Waals surface area contributed by atoms with Gasteiger partial charge in [-0.25, -0.2) is 17.8 Å². The molecule has 0 bridgehead atoms. The third-order valence-electron chi connectivity index (χ3n) is 5.49. The molecule has 6 nitrogen and oxygen atoms in total. The quantitative estimate of drug-likeness (QED) is 0.311. The number of halogens is 1. The van der Waals surface area contributed by atoms with Crippen LogP contribution in [0.3, 0.4) is 0 Å². The minimum Gasteiger partial charge on any atom is -0.282 e. The number of benzene rings is 2. The fourth-order valence-corrected chi connectivity index (χ4v) is 6.03. The maximum absolute atomic E-state index is 13.3. The van der Waals surface area contributed by atoms with Crippen LogP contribution in [-0.2, 0) is 21.2 Å². The number of hydrogen-bond acceptors (Lipinski definition) is 6. The maximum Gasteiger partial charge on any atom is 0.229 e. The smallest absolute Gasteiger partial charge is 0.229 e. The molecule has 0 aliphatic heterocycles. The van der Waals surface area contributed by atoms with Crippen LogP contribution in [0.4, 0.5) is 9.52 Å². The zero-order chi connectivity index (χ0) is 24.3.